The molecule has 2 aliphatic heterocycles. The van der Waals surface area contributed by atoms with E-state index in [0.717, 1.165) is 32.9 Å². The average molecular weight is 839 g/mol. The van der Waals surface area contributed by atoms with Gasteiger partial charge in [-0.3, -0.25) is 9.11 Å². The second kappa shape index (κ2) is 12.0. The molecule has 288 valence electrons. The zero-order valence-corrected chi connectivity index (χ0v) is 31.8. The van der Waals surface area contributed by atoms with Crippen molar-refractivity contribution in [3.8, 4) is 11.5 Å². The SMILES string of the molecule is Cc1ccc2c(NC(=O)Nc3c4ccc(C)c3S(=O)(=O)N4c3ccc4cc(S(=O)(=O)O)c(O)cc4c3)c1S(=O)(=O)N2c1ccc2cc(S(=O)(=O)O)c(O)cc2c1. The number of nitrogens with zero attached hydrogens (tertiary/aromatic N) is 2. The zero-order chi connectivity index (χ0) is 40.4. The van der Waals surface area contributed by atoms with Crippen LogP contribution in [-0.4, -0.2) is 59.0 Å². The van der Waals surface area contributed by atoms with Crippen molar-refractivity contribution >= 4 is 102 Å². The normalized spacial score (nSPS) is 15.4. The molecule has 2 heterocycles. The average Bonchev–Trinajstić information content (AvgIpc) is 3.34. The van der Waals surface area contributed by atoms with Gasteiger partial charge >= 0.3 is 6.03 Å². The van der Waals surface area contributed by atoms with Crippen LogP contribution >= 0.6 is 0 Å². The molecule has 0 saturated carbocycles. The minimum absolute atomic E-state index is 0.0178. The van der Waals surface area contributed by atoms with E-state index in [1.165, 1.54) is 74.5 Å². The van der Waals surface area contributed by atoms with Gasteiger partial charge in [0.25, 0.3) is 40.3 Å². The van der Waals surface area contributed by atoms with Gasteiger partial charge in [0.1, 0.15) is 31.1 Å². The molecule has 17 nitrogen and oxygen atoms in total. The molecule has 0 aromatic heterocycles. The van der Waals surface area contributed by atoms with E-state index >= 15 is 0 Å². The Morgan fingerprint density at radius 3 is 1.29 bits per heavy atom. The fourth-order valence-electron chi connectivity index (χ4n) is 7.02. The lowest BCUT2D eigenvalue weighted by Crippen LogP contribution is -2.21. The molecule has 2 aliphatic rings. The van der Waals surface area contributed by atoms with Crippen LogP contribution in [0.4, 0.5) is 38.9 Å². The van der Waals surface area contributed by atoms with Crippen molar-refractivity contribution in [3.05, 3.63) is 96.1 Å². The summed E-state index contributed by atoms with van der Waals surface area (Å²) < 4.78 is 124. The molecule has 0 aliphatic carbocycles. The second-order valence-electron chi connectivity index (χ2n) is 13.0. The lowest BCUT2D eigenvalue weighted by atomic mass is 10.1. The summed E-state index contributed by atoms with van der Waals surface area (Å²) >= 11 is 0. The van der Waals surface area contributed by atoms with Crippen molar-refractivity contribution < 1.29 is 57.8 Å². The van der Waals surface area contributed by atoms with Crippen molar-refractivity contribution in [3.63, 3.8) is 0 Å². The van der Waals surface area contributed by atoms with E-state index in [2.05, 4.69) is 10.6 Å². The third-order valence-electron chi connectivity index (χ3n) is 9.40. The van der Waals surface area contributed by atoms with Crippen LogP contribution in [0.25, 0.3) is 21.5 Å². The Morgan fingerprint density at radius 2 is 0.929 bits per heavy atom. The molecule has 0 unspecified atom stereocenters. The number of amides is 2. The van der Waals surface area contributed by atoms with Crippen LogP contribution in [0.3, 0.4) is 0 Å². The van der Waals surface area contributed by atoms with Crippen molar-refractivity contribution in [2.45, 2.75) is 33.4 Å². The zero-order valence-electron chi connectivity index (χ0n) is 28.6. The molecule has 21 heteroatoms. The van der Waals surface area contributed by atoms with E-state index in [-0.39, 0.29) is 76.6 Å². The molecule has 6 aromatic rings. The molecule has 0 saturated heterocycles. The van der Waals surface area contributed by atoms with Gasteiger partial charge in [0, 0.05) is 0 Å². The predicted octanol–water partition coefficient (Wildman–Crippen LogP) is 5.84. The number of hydrogen-bond donors (Lipinski definition) is 6. The first-order valence-electron chi connectivity index (χ1n) is 16.0. The van der Waals surface area contributed by atoms with Gasteiger partial charge in [0.15, 0.2) is 0 Å². The van der Waals surface area contributed by atoms with E-state index in [4.69, 9.17) is 0 Å². The quantitative estimate of drug-likeness (QED) is 0.108. The van der Waals surface area contributed by atoms with Gasteiger partial charge in [0.05, 0.1) is 34.1 Å². The first-order valence-corrected chi connectivity index (χ1v) is 21.8. The summed E-state index contributed by atoms with van der Waals surface area (Å²) in [5.74, 6) is -1.53. The summed E-state index contributed by atoms with van der Waals surface area (Å²) in [6.07, 6.45) is 0. The summed E-state index contributed by atoms with van der Waals surface area (Å²) in [7, 11) is -18.3. The van der Waals surface area contributed by atoms with E-state index in [0.29, 0.717) is 0 Å². The highest BCUT2D eigenvalue weighted by Gasteiger charge is 2.43. The highest BCUT2D eigenvalue weighted by molar-refractivity contribution is 7.94. The molecular weight excluding hydrogens is 813 g/mol. The number of aryl methyl sites for hydroxylation is 2. The van der Waals surface area contributed by atoms with Gasteiger partial charge in [-0.05, 0) is 107 Å². The number of aromatic hydroxyl groups is 2. The molecule has 6 aromatic carbocycles. The number of phenols is 2. The Kier molecular flexibility index (Phi) is 7.93. The minimum atomic E-state index is -4.76. The number of carbonyl (C=O) groups excluding carboxylic acids is 1. The van der Waals surface area contributed by atoms with Crippen LogP contribution in [0.1, 0.15) is 11.1 Å². The summed E-state index contributed by atoms with van der Waals surface area (Å²) in [5.41, 5.74) is 0.435. The molecule has 0 spiro atoms. The third-order valence-corrected chi connectivity index (χ3v) is 15.0. The molecule has 2 amide bonds. The van der Waals surface area contributed by atoms with Crippen LogP contribution in [0.5, 0.6) is 11.5 Å². The fourth-order valence-corrected chi connectivity index (χ4v) is 12.0. The number of fused-ring (bicyclic) bond motifs is 6. The van der Waals surface area contributed by atoms with Gasteiger partial charge < -0.3 is 20.8 Å². The van der Waals surface area contributed by atoms with Gasteiger partial charge in [-0.15, -0.1) is 0 Å². The second-order valence-corrected chi connectivity index (χ2v) is 19.2. The number of nitrogens with one attached hydrogen (secondary N) is 2. The number of benzene rings is 6. The Hall–Kier alpha value is -5.97. The molecule has 0 atom stereocenters. The number of carbonyl (C=O) groups is 1. The Labute approximate surface area is 318 Å². The first-order chi connectivity index (χ1) is 26.1. The van der Waals surface area contributed by atoms with Crippen molar-refractivity contribution in [1.82, 2.24) is 0 Å². The maximum atomic E-state index is 14.1. The molecule has 0 fully saturated rings. The monoisotopic (exact) mass is 838 g/mol. The van der Waals surface area contributed by atoms with E-state index < -0.39 is 67.6 Å². The lowest BCUT2D eigenvalue weighted by Gasteiger charge is -2.19. The van der Waals surface area contributed by atoms with Crippen molar-refractivity contribution in [1.29, 1.82) is 0 Å². The summed E-state index contributed by atoms with van der Waals surface area (Å²) in [6.45, 7) is 3.03. The number of sulfonamides is 2. The van der Waals surface area contributed by atoms with Gasteiger partial charge in [-0.1, -0.05) is 24.3 Å². The summed E-state index contributed by atoms with van der Waals surface area (Å²) in [4.78, 5) is 11.8. The van der Waals surface area contributed by atoms with Crippen molar-refractivity contribution in [2.24, 2.45) is 0 Å². The van der Waals surface area contributed by atoms with Crippen LogP contribution in [0.15, 0.2) is 105 Å². The van der Waals surface area contributed by atoms with Crippen molar-refractivity contribution in [2.75, 3.05) is 19.2 Å². The molecular formula is C35H26N4O13S4. The summed E-state index contributed by atoms with van der Waals surface area (Å²) in [5, 5.41) is 26.7. The van der Waals surface area contributed by atoms with E-state index in [9.17, 15) is 57.8 Å². The number of phenolic OH excluding ortho intramolecular Hbond substituents is 2. The van der Waals surface area contributed by atoms with E-state index in [1.54, 1.807) is 0 Å². The molecule has 8 rings (SSSR count). The number of anilines is 6. The maximum absolute atomic E-state index is 14.1. The van der Waals surface area contributed by atoms with Gasteiger partial charge in [-0.2, -0.15) is 16.8 Å². The third kappa shape index (κ3) is 5.58. The Bertz CT molecular complexity index is 3050. The van der Waals surface area contributed by atoms with Gasteiger partial charge in [-0.25, -0.2) is 30.2 Å². The number of hydrogen-bond acceptors (Lipinski definition) is 11. The maximum Gasteiger partial charge on any atom is 0.323 e. The van der Waals surface area contributed by atoms with Crippen LogP contribution in [-0.2, 0) is 40.3 Å². The highest BCUT2D eigenvalue weighted by Crippen LogP contribution is 2.52. The van der Waals surface area contributed by atoms with E-state index in [1.807, 2.05) is 0 Å². The number of rotatable bonds is 6. The van der Waals surface area contributed by atoms with Crippen LogP contribution in [0, 0.1) is 13.8 Å². The smallest absolute Gasteiger partial charge is 0.323 e. The Balaban J connectivity index is 1.15. The Morgan fingerprint density at radius 1 is 0.554 bits per heavy atom. The lowest BCUT2D eigenvalue weighted by molar-refractivity contribution is 0.262. The topological polar surface area (TPSA) is 265 Å². The predicted molar refractivity (Wildman–Crippen MR) is 205 cm³/mol. The standard InChI is InChI=1S/C35H26N4O13S4/c1-17-3-9-25-31(33(17)53(43,44)38(25)23-7-5-19-15-29(55(47,48)49)27(40)13-21(19)11-23)36-35(42)37-32-26-10-4-18(2)34(32)54(45,46)39(26)24-8-6-20-16-30(56(50,51)52)28(41)14-22(20)12-24/h3-16,40-41H,1-2H3,(H2,36,37,42)(H,47,48,49)(H,50,51,52). The first kappa shape index (κ1) is 37.0. The fraction of sp³-hybridized carbons (Fsp3) is 0.0571. The highest BCUT2D eigenvalue weighted by atomic mass is 32.2. The van der Waals surface area contributed by atoms with Gasteiger partial charge in [0.2, 0.25) is 0 Å². The molecule has 4 bridgehead atoms. The largest absolute Gasteiger partial charge is 0.506 e. The van der Waals surface area contributed by atoms with Crippen LogP contribution in [0.2, 0.25) is 0 Å². The molecule has 0 radical (unpaired) electrons. The molecule has 56 heavy (non-hydrogen) atoms. The molecule has 6 N–H and O–H groups in total. The minimum Gasteiger partial charge on any atom is -0.506 e. The number of urea groups is 1. The summed E-state index contributed by atoms with van der Waals surface area (Å²) in [6, 6.07) is 17.4. The van der Waals surface area contributed by atoms with Crippen LogP contribution < -0.4 is 19.2 Å².